The van der Waals surface area contributed by atoms with Gasteiger partial charge in [-0.15, -0.1) is 0 Å². The highest BCUT2D eigenvalue weighted by Crippen LogP contribution is 2.26. The summed E-state index contributed by atoms with van der Waals surface area (Å²) in [4.78, 5) is 11.5. The first-order chi connectivity index (χ1) is 10.1. The Morgan fingerprint density at radius 3 is 2.71 bits per heavy atom. The Morgan fingerprint density at radius 1 is 1.29 bits per heavy atom. The van der Waals surface area contributed by atoms with Crippen molar-refractivity contribution in [2.75, 3.05) is 0 Å². The molecule has 0 saturated heterocycles. The molecule has 0 unspecified atom stereocenters. The molecular formula is C16H14N2O2S. The van der Waals surface area contributed by atoms with Gasteiger partial charge in [-0.05, 0) is 36.9 Å². The van der Waals surface area contributed by atoms with Crippen LogP contribution < -0.4 is 0 Å². The number of aromatic nitrogens is 2. The topological polar surface area (TPSA) is 55.1 Å². The van der Waals surface area contributed by atoms with Crippen molar-refractivity contribution in [1.82, 2.24) is 9.78 Å². The van der Waals surface area contributed by atoms with E-state index in [0.717, 1.165) is 16.8 Å². The van der Waals surface area contributed by atoms with E-state index < -0.39 is 5.97 Å². The van der Waals surface area contributed by atoms with Crippen molar-refractivity contribution >= 4 is 17.3 Å². The Bertz CT molecular complexity index is 804. The molecule has 0 aliphatic heterocycles. The largest absolute Gasteiger partial charge is 0.478 e. The maximum Gasteiger partial charge on any atom is 0.339 e. The highest BCUT2D eigenvalue weighted by Gasteiger charge is 2.18. The van der Waals surface area contributed by atoms with E-state index in [1.807, 2.05) is 42.8 Å². The minimum Gasteiger partial charge on any atom is -0.478 e. The van der Waals surface area contributed by atoms with Crippen LogP contribution in [0.2, 0.25) is 0 Å². The molecule has 0 fully saturated rings. The van der Waals surface area contributed by atoms with Gasteiger partial charge in [-0.25, -0.2) is 9.48 Å². The molecule has 4 nitrogen and oxygen atoms in total. The quantitative estimate of drug-likeness (QED) is 0.797. The molecule has 0 spiro atoms. The fraction of sp³-hybridized carbons (Fsp3) is 0.125. The zero-order chi connectivity index (χ0) is 15.0. The predicted octanol–water partition coefficient (Wildman–Crippen LogP) is 3.92. The van der Waals surface area contributed by atoms with Crippen molar-refractivity contribution in [1.29, 1.82) is 0 Å². The second kappa shape index (κ2) is 5.18. The SMILES string of the molecule is Cc1ccc(-n2cc(C(=O)O)c(-c3ccsc3)n2)c(C)c1. The number of rotatable bonds is 3. The summed E-state index contributed by atoms with van der Waals surface area (Å²) in [5.74, 6) is -0.966. The van der Waals surface area contributed by atoms with Crippen LogP contribution in [-0.2, 0) is 0 Å². The number of thiophene rings is 1. The van der Waals surface area contributed by atoms with Crippen LogP contribution in [0.15, 0.2) is 41.2 Å². The van der Waals surface area contributed by atoms with Crippen LogP contribution in [0, 0.1) is 13.8 Å². The molecule has 2 aromatic heterocycles. The lowest BCUT2D eigenvalue weighted by Crippen LogP contribution is -1.98. The molecule has 0 saturated carbocycles. The second-order valence-corrected chi connectivity index (χ2v) is 5.72. The number of benzene rings is 1. The van der Waals surface area contributed by atoms with Gasteiger partial charge in [-0.1, -0.05) is 17.7 Å². The lowest BCUT2D eigenvalue weighted by Gasteiger charge is -2.06. The average molecular weight is 298 g/mol. The van der Waals surface area contributed by atoms with E-state index in [2.05, 4.69) is 11.2 Å². The Balaban J connectivity index is 2.17. The van der Waals surface area contributed by atoms with Gasteiger partial charge in [0.25, 0.3) is 0 Å². The second-order valence-electron chi connectivity index (χ2n) is 4.94. The number of hydrogen-bond donors (Lipinski definition) is 1. The van der Waals surface area contributed by atoms with Gasteiger partial charge in [0.05, 0.1) is 5.69 Å². The third kappa shape index (κ3) is 2.48. The molecular weight excluding hydrogens is 284 g/mol. The fourth-order valence-corrected chi connectivity index (χ4v) is 2.97. The van der Waals surface area contributed by atoms with Crippen LogP contribution in [0.1, 0.15) is 21.5 Å². The summed E-state index contributed by atoms with van der Waals surface area (Å²) in [5, 5.41) is 17.7. The van der Waals surface area contributed by atoms with E-state index in [0.29, 0.717) is 5.69 Å². The van der Waals surface area contributed by atoms with Crippen molar-refractivity contribution in [2.24, 2.45) is 0 Å². The number of carboxylic acids is 1. The maximum absolute atomic E-state index is 11.5. The molecule has 3 rings (SSSR count). The number of aromatic carboxylic acids is 1. The Morgan fingerprint density at radius 2 is 2.10 bits per heavy atom. The molecule has 1 N–H and O–H groups in total. The summed E-state index contributed by atoms with van der Waals surface area (Å²) in [6.07, 6.45) is 1.58. The number of aryl methyl sites for hydroxylation is 2. The van der Waals surface area contributed by atoms with E-state index in [-0.39, 0.29) is 5.56 Å². The summed E-state index contributed by atoms with van der Waals surface area (Å²) >= 11 is 1.52. The van der Waals surface area contributed by atoms with E-state index in [1.54, 1.807) is 10.9 Å². The van der Waals surface area contributed by atoms with Gasteiger partial charge in [0.15, 0.2) is 0 Å². The lowest BCUT2D eigenvalue weighted by molar-refractivity contribution is 0.0697. The summed E-state index contributed by atoms with van der Waals surface area (Å²) < 4.78 is 1.64. The Labute approximate surface area is 126 Å². The van der Waals surface area contributed by atoms with Gasteiger partial charge in [0.1, 0.15) is 11.3 Å². The van der Waals surface area contributed by atoms with Gasteiger partial charge >= 0.3 is 5.97 Å². The summed E-state index contributed by atoms with van der Waals surface area (Å²) in [6.45, 7) is 4.02. The molecule has 5 heteroatoms. The zero-order valence-corrected chi connectivity index (χ0v) is 12.5. The van der Waals surface area contributed by atoms with E-state index in [4.69, 9.17) is 0 Å². The number of hydrogen-bond acceptors (Lipinski definition) is 3. The third-order valence-corrected chi connectivity index (χ3v) is 4.02. The molecule has 1 aromatic carbocycles. The van der Waals surface area contributed by atoms with Gasteiger partial charge in [0.2, 0.25) is 0 Å². The Hall–Kier alpha value is -2.40. The van der Waals surface area contributed by atoms with E-state index in [9.17, 15) is 9.90 Å². The molecule has 2 heterocycles. The highest BCUT2D eigenvalue weighted by atomic mass is 32.1. The molecule has 106 valence electrons. The summed E-state index contributed by atoms with van der Waals surface area (Å²) in [7, 11) is 0. The fourth-order valence-electron chi connectivity index (χ4n) is 2.33. The standard InChI is InChI=1S/C16H14N2O2S/c1-10-3-4-14(11(2)7-10)18-8-13(16(19)20)15(17-18)12-5-6-21-9-12/h3-9H,1-2H3,(H,19,20). The van der Waals surface area contributed by atoms with Gasteiger partial charge in [0, 0.05) is 17.1 Å². The van der Waals surface area contributed by atoms with Crippen LogP contribution in [0.4, 0.5) is 0 Å². The third-order valence-electron chi connectivity index (χ3n) is 3.34. The van der Waals surface area contributed by atoms with Crippen LogP contribution in [0.3, 0.4) is 0 Å². The lowest BCUT2D eigenvalue weighted by atomic mass is 10.1. The van der Waals surface area contributed by atoms with Gasteiger partial charge in [-0.3, -0.25) is 0 Å². The zero-order valence-electron chi connectivity index (χ0n) is 11.7. The number of carbonyl (C=O) groups is 1. The minimum absolute atomic E-state index is 0.216. The van der Waals surface area contributed by atoms with Crippen molar-refractivity contribution in [2.45, 2.75) is 13.8 Å². The van der Waals surface area contributed by atoms with E-state index >= 15 is 0 Å². The number of carboxylic acid groups (broad SMARTS) is 1. The minimum atomic E-state index is -0.966. The molecule has 0 amide bonds. The highest BCUT2D eigenvalue weighted by molar-refractivity contribution is 7.08. The van der Waals surface area contributed by atoms with Crippen LogP contribution in [-0.4, -0.2) is 20.9 Å². The molecule has 0 aliphatic carbocycles. The van der Waals surface area contributed by atoms with E-state index in [1.165, 1.54) is 16.9 Å². The van der Waals surface area contributed by atoms with Crippen molar-refractivity contribution in [3.63, 3.8) is 0 Å². The normalized spacial score (nSPS) is 10.8. The molecule has 0 radical (unpaired) electrons. The first-order valence-electron chi connectivity index (χ1n) is 6.49. The van der Waals surface area contributed by atoms with Gasteiger partial charge < -0.3 is 5.11 Å². The average Bonchev–Trinajstić information content (AvgIpc) is 3.07. The molecule has 0 aliphatic rings. The Kier molecular flexibility index (Phi) is 3.35. The predicted molar refractivity (Wildman–Crippen MR) is 83.3 cm³/mol. The number of nitrogens with zero attached hydrogens (tertiary/aromatic N) is 2. The smallest absolute Gasteiger partial charge is 0.339 e. The van der Waals surface area contributed by atoms with Crippen molar-refractivity contribution in [3.8, 4) is 16.9 Å². The maximum atomic E-state index is 11.5. The molecule has 21 heavy (non-hydrogen) atoms. The molecule has 0 atom stereocenters. The summed E-state index contributed by atoms with van der Waals surface area (Å²) in [5.41, 5.74) is 4.67. The summed E-state index contributed by atoms with van der Waals surface area (Å²) in [6, 6.07) is 7.89. The van der Waals surface area contributed by atoms with Crippen molar-refractivity contribution in [3.05, 3.63) is 57.9 Å². The first kappa shape index (κ1) is 13.6. The van der Waals surface area contributed by atoms with Crippen LogP contribution in [0.25, 0.3) is 16.9 Å². The molecule has 3 aromatic rings. The first-order valence-corrected chi connectivity index (χ1v) is 7.43. The van der Waals surface area contributed by atoms with Crippen molar-refractivity contribution < 1.29 is 9.90 Å². The monoisotopic (exact) mass is 298 g/mol. The molecule has 0 bridgehead atoms. The van der Waals surface area contributed by atoms with Crippen LogP contribution >= 0.6 is 11.3 Å². The van der Waals surface area contributed by atoms with Crippen LogP contribution in [0.5, 0.6) is 0 Å². The van der Waals surface area contributed by atoms with Gasteiger partial charge in [-0.2, -0.15) is 16.4 Å².